The Morgan fingerprint density at radius 1 is 1.29 bits per heavy atom. The number of aromatic nitrogens is 1. The Labute approximate surface area is 163 Å². The van der Waals surface area contributed by atoms with Gasteiger partial charge in [-0.2, -0.15) is 0 Å². The molecule has 10 heteroatoms. The molecule has 1 aromatic carbocycles. The van der Waals surface area contributed by atoms with Gasteiger partial charge in [0.25, 0.3) is 11.6 Å². The lowest BCUT2D eigenvalue weighted by atomic mass is 10.2. The molecule has 0 fully saturated rings. The van der Waals surface area contributed by atoms with Crippen molar-refractivity contribution in [1.82, 2.24) is 10.3 Å². The second-order valence-corrected chi connectivity index (χ2v) is 6.69. The van der Waals surface area contributed by atoms with Crippen LogP contribution in [0, 0.1) is 17.0 Å². The molecule has 9 nitrogen and oxygen atoms in total. The van der Waals surface area contributed by atoms with E-state index in [-0.39, 0.29) is 30.5 Å². The van der Waals surface area contributed by atoms with Gasteiger partial charge in [0.15, 0.2) is 5.13 Å². The maximum absolute atomic E-state index is 12.1. The summed E-state index contributed by atoms with van der Waals surface area (Å²) in [5.74, 6) is -0.163. The Bertz CT molecular complexity index is 1030. The number of nitrogens with one attached hydrogen (secondary N) is 2. The van der Waals surface area contributed by atoms with E-state index in [9.17, 15) is 19.7 Å². The van der Waals surface area contributed by atoms with Gasteiger partial charge in [-0.05, 0) is 13.0 Å². The third-order valence-electron chi connectivity index (χ3n) is 3.88. The average Bonchev–Trinajstić information content (AvgIpc) is 3.28. The van der Waals surface area contributed by atoms with E-state index in [4.69, 9.17) is 4.42 Å². The first-order valence-electron chi connectivity index (χ1n) is 8.23. The monoisotopic (exact) mass is 400 g/mol. The van der Waals surface area contributed by atoms with Gasteiger partial charge >= 0.3 is 0 Å². The molecule has 144 valence electrons. The molecule has 2 heterocycles. The third kappa shape index (κ3) is 4.60. The van der Waals surface area contributed by atoms with Crippen molar-refractivity contribution < 1.29 is 18.9 Å². The zero-order valence-corrected chi connectivity index (χ0v) is 15.6. The molecule has 0 bridgehead atoms. The summed E-state index contributed by atoms with van der Waals surface area (Å²) in [6, 6.07) is 7.78. The van der Waals surface area contributed by atoms with Gasteiger partial charge in [-0.3, -0.25) is 25.0 Å². The number of hydrogen-bond acceptors (Lipinski definition) is 7. The van der Waals surface area contributed by atoms with Gasteiger partial charge in [-0.15, -0.1) is 11.3 Å². The van der Waals surface area contributed by atoms with Crippen LogP contribution in [0.1, 0.15) is 27.4 Å². The lowest BCUT2D eigenvalue weighted by molar-refractivity contribution is -0.385. The second kappa shape index (κ2) is 8.44. The smallest absolute Gasteiger partial charge is 0.274 e. The number of para-hydroxylation sites is 1. The summed E-state index contributed by atoms with van der Waals surface area (Å²) < 4.78 is 5.09. The molecule has 0 saturated carbocycles. The quantitative estimate of drug-likeness (QED) is 0.463. The van der Waals surface area contributed by atoms with Crippen LogP contribution in [-0.2, 0) is 17.8 Å². The summed E-state index contributed by atoms with van der Waals surface area (Å²) in [4.78, 5) is 39.0. The highest BCUT2D eigenvalue weighted by Gasteiger charge is 2.16. The maximum Gasteiger partial charge on any atom is 0.274 e. The van der Waals surface area contributed by atoms with Crippen molar-refractivity contribution in [2.24, 2.45) is 0 Å². The van der Waals surface area contributed by atoms with E-state index in [1.165, 1.54) is 23.7 Å². The molecule has 0 saturated heterocycles. The molecule has 2 aromatic heterocycles. The molecule has 3 rings (SSSR count). The number of carbonyl (C=O) groups is 2. The SMILES string of the molecule is Cc1occc1C(=O)Nc1nc(CC(=O)NCc2ccccc2[N+](=O)[O-])cs1. The fourth-order valence-corrected chi connectivity index (χ4v) is 3.20. The summed E-state index contributed by atoms with van der Waals surface area (Å²) in [5, 5.41) is 18.3. The number of thiazole rings is 1. The zero-order chi connectivity index (χ0) is 20.1. The Morgan fingerprint density at radius 2 is 2.07 bits per heavy atom. The van der Waals surface area contributed by atoms with Crippen molar-refractivity contribution in [1.29, 1.82) is 0 Å². The minimum atomic E-state index is -0.487. The van der Waals surface area contributed by atoms with E-state index in [0.717, 1.165) is 0 Å². The Morgan fingerprint density at radius 3 is 2.79 bits per heavy atom. The van der Waals surface area contributed by atoms with E-state index in [2.05, 4.69) is 15.6 Å². The van der Waals surface area contributed by atoms with Crippen LogP contribution in [0.2, 0.25) is 0 Å². The molecule has 0 spiro atoms. The van der Waals surface area contributed by atoms with Crippen LogP contribution < -0.4 is 10.6 Å². The molecule has 0 aliphatic carbocycles. The molecule has 0 radical (unpaired) electrons. The summed E-state index contributed by atoms with van der Waals surface area (Å²) in [6.45, 7) is 1.73. The van der Waals surface area contributed by atoms with Gasteiger partial charge in [0.05, 0.1) is 28.9 Å². The van der Waals surface area contributed by atoms with Crippen molar-refractivity contribution in [3.8, 4) is 0 Å². The standard InChI is InChI=1S/C18H16N4O5S/c1-11-14(6-7-27-11)17(24)21-18-20-13(10-28-18)8-16(23)19-9-12-4-2-3-5-15(12)22(25)26/h2-7,10H,8-9H2,1H3,(H,19,23)(H,20,21,24). The fourth-order valence-electron chi connectivity index (χ4n) is 2.49. The molecular weight excluding hydrogens is 384 g/mol. The molecule has 0 aliphatic rings. The predicted molar refractivity (Wildman–Crippen MR) is 102 cm³/mol. The minimum absolute atomic E-state index is 0.00224. The maximum atomic E-state index is 12.1. The Hall–Kier alpha value is -3.53. The van der Waals surface area contributed by atoms with Crippen LogP contribution in [0.25, 0.3) is 0 Å². The molecule has 0 unspecified atom stereocenters. The number of carbonyl (C=O) groups excluding carboxylic acids is 2. The molecule has 0 aliphatic heterocycles. The van der Waals surface area contributed by atoms with Crippen LogP contribution >= 0.6 is 11.3 Å². The Balaban J connectivity index is 1.55. The summed E-state index contributed by atoms with van der Waals surface area (Å²) in [5.41, 5.74) is 1.28. The van der Waals surface area contributed by atoms with Gasteiger partial charge in [0.2, 0.25) is 5.91 Å². The number of hydrogen-bond donors (Lipinski definition) is 2. The average molecular weight is 400 g/mol. The normalized spacial score (nSPS) is 10.5. The number of rotatable bonds is 7. The van der Waals surface area contributed by atoms with Crippen molar-refractivity contribution in [3.05, 3.63) is 74.7 Å². The third-order valence-corrected chi connectivity index (χ3v) is 4.69. The van der Waals surface area contributed by atoms with Crippen LogP contribution in [-0.4, -0.2) is 21.7 Å². The number of anilines is 1. The van der Waals surface area contributed by atoms with E-state index in [1.54, 1.807) is 36.6 Å². The number of benzene rings is 1. The molecule has 28 heavy (non-hydrogen) atoms. The van der Waals surface area contributed by atoms with E-state index < -0.39 is 4.92 Å². The van der Waals surface area contributed by atoms with Crippen molar-refractivity contribution in [3.63, 3.8) is 0 Å². The lowest BCUT2D eigenvalue weighted by Gasteiger charge is -2.05. The van der Waals surface area contributed by atoms with Gasteiger partial charge in [0.1, 0.15) is 5.76 Å². The van der Waals surface area contributed by atoms with Crippen LogP contribution in [0.3, 0.4) is 0 Å². The zero-order valence-electron chi connectivity index (χ0n) is 14.8. The fraction of sp³-hybridized carbons (Fsp3) is 0.167. The van der Waals surface area contributed by atoms with E-state index in [0.29, 0.717) is 27.7 Å². The van der Waals surface area contributed by atoms with E-state index in [1.807, 2.05) is 0 Å². The van der Waals surface area contributed by atoms with Gasteiger partial charge in [-0.25, -0.2) is 4.98 Å². The van der Waals surface area contributed by atoms with Crippen molar-refractivity contribution in [2.75, 3.05) is 5.32 Å². The minimum Gasteiger partial charge on any atom is -0.469 e. The van der Waals surface area contributed by atoms with E-state index >= 15 is 0 Å². The summed E-state index contributed by atoms with van der Waals surface area (Å²) >= 11 is 1.20. The topological polar surface area (TPSA) is 127 Å². The molecule has 2 amide bonds. The van der Waals surface area contributed by atoms with Crippen LogP contribution in [0.15, 0.2) is 46.4 Å². The highest BCUT2D eigenvalue weighted by atomic mass is 32.1. The Kier molecular flexibility index (Phi) is 5.80. The van der Waals surface area contributed by atoms with Gasteiger partial charge in [0, 0.05) is 23.6 Å². The largest absolute Gasteiger partial charge is 0.469 e. The summed E-state index contributed by atoms with van der Waals surface area (Å²) in [7, 11) is 0. The highest BCUT2D eigenvalue weighted by Crippen LogP contribution is 2.19. The second-order valence-electron chi connectivity index (χ2n) is 5.83. The number of nitro groups is 1. The number of furan rings is 1. The number of nitro benzene ring substituents is 1. The first-order chi connectivity index (χ1) is 13.4. The molecule has 3 aromatic rings. The number of nitrogens with zero attached hydrogens (tertiary/aromatic N) is 2. The molecule has 2 N–H and O–H groups in total. The van der Waals surface area contributed by atoms with Crippen molar-refractivity contribution >= 4 is 34.0 Å². The molecular formula is C18H16N4O5S. The first kappa shape index (κ1) is 19.2. The van der Waals surface area contributed by atoms with Crippen LogP contribution in [0.4, 0.5) is 10.8 Å². The number of amides is 2. The van der Waals surface area contributed by atoms with Gasteiger partial charge < -0.3 is 9.73 Å². The van der Waals surface area contributed by atoms with Crippen molar-refractivity contribution in [2.45, 2.75) is 19.9 Å². The molecule has 0 atom stereocenters. The number of aryl methyl sites for hydroxylation is 1. The predicted octanol–water partition coefficient (Wildman–Crippen LogP) is 3.06. The van der Waals surface area contributed by atoms with Crippen LogP contribution in [0.5, 0.6) is 0 Å². The van der Waals surface area contributed by atoms with Gasteiger partial charge in [-0.1, -0.05) is 18.2 Å². The first-order valence-corrected chi connectivity index (χ1v) is 9.11. The summed E-state index contributed by atoms with van der Waals surface area (Å²) in [6.07, 6.45) is 1.43. The highest BCUT2D eigenvalue weighted by molar-refractivity contribution is 7.14. The lowest BCUT2D eigenvalue weighted by Crippen LogP contribution is -2.25.